The summed E-state index contributed by atoms with van der Waals surface area (Å²) in [6.07, 6.45) is 5.97. The van der Waals surface area contributed by atoms with Gasteiger partial charge in [-0.2, -0.15) is 0 Å². The average molecular weight is 745 g/mol. The van der Waals surface area contributed by atoms with Crippen molar-refractivity contribution in [3.8, 4) is 22.6 Å². The normalized spacial score (nSPS) is 15.5. The van der Waals surface area contributed by atoms with E-state index in [1.54, 1.807) is 6.26 Å². The number of hydrogen-bond donors (Lipinski definition) is 0. The number of hydrogen-bond acceptors (Lipinski definition) is 2. The molecule has 3 nitrogen and oxygen atoms in total. The molecule has 11 rings (SSSR count). The van der Waals surface area contributed by atoms with Crippen LogP contribution < -0.4 is 9.64 Å². The quantitative estimate of drug-likeness (QED) is 0.175. The van der Waals surface area contributed by atoms with E-state index in [-0.39, 0.29) is 5.41 Å². The van der Waals surface area contributed by atoms with Gasteiger partial charge in [-0.25, -0.2) is 0 Å². The van der Waals surface area contributed by atoms with Crippen molar-refractivity contribution in [2.45, 2.75) is 19.3 Å². The van der Waals surface area contributed by atoms with E-state index in [0.29, 0.717) is 0 Å². The highest BCUT2D eigenvalue weighted by Crippen LogP contribution is 2.51. The topological polar surface area (TPSA) is 17.4 Å². The molecule has 0 radical (unpaired) electrons. The maximum atomic E-state index is 6.06. The lowest BCUT2D eigenvalue weighted by Crippen LogP contribution is -2.16. The molecule has 3 heteroatoms. The second kappa shape index (κ2) is 13.1. The Morgan fingerprint density at radius 1 is 0.534 bits per heavy atom. The largest absolute Gasteiger partial charge is 0.464 e. The van der Waals surface area contributed by atoms with Gasteiger partial charge in [0, 0.05) is 44.5 Å². The average Bonchev–Trinajstić information content (AvgIpc) is 3.70. The minimum atomic E-state index is -0.124. The number of allylic oxidation sites excluding steroid dienone is 4. The van der Waals surface area contributed by atoms with Crippen molar-refractivity contribution in [3.63, 3.8) is 0 Å². The first-order valence-electron chi connectivity index (χ1n) is 19.9. The van der Waals surface area contributed by atoms with E-state index < -0.39 is 0 Å². The monoisotopic (exact) mass is 744 g/mol. The van der Waals surface area contributed by atoms with Crippen molar-refractivity contribution in [2.24, 2.45) is 0 Å². The van der Waals surface area contributed by atoms with Crippen molar-refractivity contribution >= 4 is 60.8 Å². The fourth-order valence-electron chi connectivity index (χ4n) is 9.29. The summed E-state index contributed by atoms with van der Waals surface area (Å²) >= 11 is 0. The van der Waals surface area contributed by atoms with Crippen LogP contribution in [0.2, 0.25) is 0 Å². The van der Waals surface area contributed by atoms with Gasteiger partial charge in [0.25, 0.3) is 0 Å². The van der Waals surface area contributed by atoms with Gasteiger partial charge in [-0.15, -0.1) is 0 Å². The Bertz CT molecular complexity index is 3200. The molecule has 0 N–H and O–H groups in total. The molecule has 0 amide bonds. The number of aromatic nitrogens is 1. The Morgan fingerprint density at radius 2 is 1.22 bits per heavy atom. The maximum absolute atomic E-state index is 6.06. The third-order valence-electron chi connectivity index (χ3n) is 12.2. The van der Waals surface area contributed by atoms with Crippen LogP contribution in [0.25, 0.3) is 60.5 Å². The number of rotatable bonds is 5. The van der Waals surface area contributed by atoms with Crippen molar-refractivity contribution in [1.82, 2.24) is 4.57 Å². The lowest BCUT2D eigenvalue weighted by atomic mass is 9.82. The summed E-state index contributed by atoms with van der Waals surface area (Å²) in [6.45, 7) is 9.12. The van der Waals surface area contributed by atoms with Gasteiger partial charge in [0.2, 0.25) is 0 Å². The highest BCUT2D eigenvalue weighted by atomic mass is 16.5. The number of para-hydroxylation sites is 2. The maximum Gasteiger partial charge on any atom is 0.134 e. The lowest BCUT2D eigenvalue weighted by molar-refractivity contribution is 0.480. The second-order valence-electron chi connectivity index (χ2n) is 15.9. The van der Waals surface area contributed by atoms with Crippen LogP contribution in [0.3, 0.4) is 0 Å². The van der Waals surface area contributed by atoms with E-state index in [0.717, 1.165) is 61.8 Å². The molecule has 58 heavy (non-hydrogen) atoms. The molecule has 0 unspecified atom stereocenters. The molecule has 1 aliphatic heterocycles. The summed E-state index contributed by atoms with van der Waals surface area (Å²) in [6, 6.07) is 63.8. The Kier molecular flexibility index (Phi) is 7.67. The number of fused-ring (bicyclic) bond motifs is 8. The lowest BCUT2D eigenvalue weighted by Gasteiger charge is -2.28. The van der Waals surface area contributed by atoms with E-state index in [2.05, 4.69) is 194 Å². The number of ether oxygens (including phenoxy) is 1. The highest BCUT2D eigenvalue weighted by Gasteiger charge is 2.35. The smallest absolute Gasteiger partial charge is 0.134 e. The van der Waals surface area contributed by atoms with Gasteiger partial charge >= 0.3 is 0 Å². The van der Waals surface area contributed by atoms with Gasteiger partial charge in [0.05, 0.1) is 17.3 Å². The van der Waals surface area contributed by atoms with Crippen molar-refractivity contribution in [1.29, 1.82) is 0 Å². The van der Waals surface area contributed by atoms with Gasteiger partial charge in [-0.1, -0.05) is 130 Å². The zero-order chi connectivity index (χ0) is 39.0. The standard InChI is InChI=1S/C55H40N2O/c1-36-31-40(29-30-58-54-20-12-10-17-45(36)54)39-22-28-52-49(33-39)48-27-25-44(35-53(48)57(52)41-15-5-4-6-16-41)56(42-23-21-37-13-7-8-14-38(37)32-42)43-24-26-47-46-18-9-11-19-50(46)55(2,3)51(47)34-43/h4-35H,1H2,2-3H3/b30-29-,40-31+. The number of anilines is 3. The van der Waals surface area contributed by atoms with Crippen molar-refractivity contribution < 1.29 is 4.74 Å². The Morgan fingerprint density at radius 3 is 2.10 bits per heavy atom. The fourth-order valence-corrected chi connectivity index (χ4v) is 9.29. The molecule has 0 saturated heterocycles. The van der Waals surface area contributed by atoms with Crippen LogP contribution in [0.1, 0.15) is 36.1 Å². The summed E-state index contributed by atoms with van der Waals surface area (Å²) in [5, 5.41) is 4.80. The van der Waals surface area contributed by atoms with Gasteiger partial charge in [-0.05, 0) is 129 Å². The van der Waals surface area contributed by atoms with Gasteiger partial charge in [0.15, 0.2) is 0 Å². The summed E-state index contributed by atoms with van der Waals surface area (Å²) in [4.78, 5) is 2.43. The third kappa shape index (κ3) is 5.35. The van der Waals surface area contributed by atoms with Gasteiger partial charge < -0.3 is 14.2 Å². The first-order valence-corrected chi connectivity index (χ1v) is 19.9. The number of benzene rings is 8. The second-order valence-corrected chi connectivity index (χ2v) is 15.9. The van der Waals surface area contributed by atoms with Crippen LogP contribution in [0, 0.1) is 0 Å². The Hall–Kier alpha value is -7.36. The molecular formula is C55H40N2O. The minimum absolute atomic E-state index is 0.124. The first kappa shape index (κ1) is 33.9. The third-order valence-corrected chi connectivity index (χ3v) is 12.2. The van der Waals surface area contributed by atoms with E-state index in [9.17, 15) is 0 Å². The van der Waals surface area contributed by atoms with Crippen molar-refractivity contribution in [3.05, 3.63) is 223 Å². The predicted molar refractivity (Wildman–Crippen MR) is 244 cm³/mol. The molecule has 2 heterocycles. The zero-order valence-electron chi connectivity index (χ0n) is 32.5. The molecule has 0 saturated carbocycles. The van der Waals surface area contributed by atoms with Crippen LogP contribution in [-0.2, 0) is 5.41 Å². The summed E-state index contributed by atoms with van der Waals surface area (Å²) < 4.78 is 8.47. The van der Waals surface area contributed by atoms with E-state index in [1.807, 2.05) is 24.3 Å². The highest BCUT2D eigenvalue weighted by molar-refractivity contribution is 6.11. The molecular weight excluding hydrogens is 705 g/mol. The molecule has 2 aliphatic rings. The van der Waals surface area contributed by atoms with E-state index >= 15 is 0 Å². The summed E-state index contributed by atoms with van der Waals surface area (Å²) in [5.41, 5.74) is 16.0. The SMILES string of the molecule is C=C1/C=C(c2ccc3c(c2)c2ccc(N(c4ccc5c(c4)C(C)(C)c4ccccc4-5)c4ccc5ccccc5c4)cc2n3-c2ccccc2)\C=C/Oc2ccccc21. The fraction of sp³-hybridized carbons (Fsp3) is 0.0545. The molecule has 1 aromatic heterocycles. The van der Waals surface area contributed by atoms with Crippen molar-refractivity contribution in [2.75, 3.05) is 4.90 Å². The summed E-state index contributed by atoms with van der Waals surface area (Å²) in [5.74, 6) is 0.808. The molecule has 276 valence electrons. The molecule has 0 atom stereocenters. The van der Waals surface area contributed by atoms with Gasteiger partial charge in [0.1, 0.15) is 5.75 Å². The van der Waals surface area contributed by atoms with E-state index in [1.165, 1.54) is 43.8 Å². The predicted octanol–water partition coefficient (Wildman–Crippen LogP) is 14.7. The van der Waals surface area contributed by atoms with Crippen LogP contribution >= 0.6 is 0 Å². The molecule has 8 aromatic carbocycles. The van der Waals surface area contributed by atoms with Crippen LogP contribution in [-0.4, -0.2) is 4.57 Å². The zero-order valence-corrected chi connectivity index (χ0v) is 32.5. The van der Waals surface area contributed by atoms with Gasteiger partial charge in [-0.3, -0.25) is 0 Å². The van der Waals surface area contributed by atoms with E-state index in [4.69, 9.17) is 4.74 Å². The molecule has 1 aliphatic carbocycles. The minimum Gasteiger partial charge on any atom is -0.464 e. The molecule has 0 fully saturated rings. The molecule has 9 aromatic rings. The summed E-state index contributed by atoms with van der Waals surface area (Å²) in [7, 11) is 0. The molecule has 0 spiro atoms. The van der Waals surface area contributed by atoms with Crippen LogP contribution in [0.15, 0.2) is 201 Å². The Labute approximate surface area is 338 Å². The molecule has 0 bridgehead atoms. The van der Waals surface area contributed by atoms with Crippen LogP contribution in [0.4, 0.5) is 17.1 Å². The number of nitrogens with zero attached hydrogens (tertiary/aromatic N) is 2. The van der Waals surface area contributed by atoms with Crippen LogP contribution in [0.5, 0.6) is 5.75 Å². The Balaban J connectivity index is 1.11. The first-order chi connectivity index (χ1) is 28.4.